The zero-order valence-corrected chi connectivity index (χ0v) is 11.0. The Morgan fingerprint density at radius 3 is 2.58 bits per heavy atom. The van der Waals surface area contributed by atoms with Gasteiger partial charge in [-0.1, -0.05) is 42.5 Å². The molecule has 0 radical (unpaired) electrons. The van der Waals surface area contributed by atoms with Crippen LogP contribution in [0.5, 0.6) is 5.75 Å². The summed E-state index contributed by atoms with van der Waals surface area (Å²) in [4.78, 5) is 0. The van der Waals surface area contributed by atoms with Crippen molar-refractivity contribution in [1.29, 1.82) is 0 Å². The van der Waals surface area contributed by atoms with Gasteiger partial charge in [0.1, 0.15) is 12.4 Å². The highest BCUT2D eigenvalue weighted by atomic mass is 16.5. The fraction of sp³-hybridized carbons (Fsp3) is 0.250. The first-order valence-electron chi connectivity index (χ1n) is 6.36. The van der Waals surface area contributed by atoms with Crippen LogP contribution in [-0.2, 0) is 6.61 Å². The minimum absolute atomic E-state index is 0.210. The molecule has 0 saturated carbocycles. The minimum Gasteiger partial charge on any atom is -0.489 e. The molecule has 3 heteroatoms. The molecule has 19 heavy (non-hydrogen) atoms. The van der Waals surface area contributed by atoms with E-state index in [1.165, 1.54) is 0 Å². The van der Waals surface area contributed by atoms with E-state index in [-0.39, 0.29) is 6.54 Å². The van der Waals surface area contributed by atoms with E-state index in [9.17, 15) is 5.11 Å². The summed E-state index contributed by atoms with van der Waals surface area (Å²) in [6.45, 7) is 2.71. The van der Waals surface area contributed by atoms with Crippen molar-refractivity contribution in [2.45, 2.75) is 19.6 Å². The topological polar surface area (TPSA) is 55.5 Å². The number of benzene rings is 2. The Bertz CT molecular complexity index is 526. The van der Waals surface area contributed by atoms with Gasteiger partial charge in [-0.2, -0.15) is 0 Å². The molecule has 0 aliphatic rings. The highest BCUT2D eigenvalue weighted by Gasteiger charge is 2.08. The second-order valence-corrected chi connectivity index (χ2v) is 4.55. The third-order valence-electron chi connectivity index (χ3n) is 3.06. The molecule has 0 aliphatic carbocycles. The molecule has 0 fully saturated rings. The van der Waals surface area contributed by atoms with Crippen LogP contribution in [0.1, 0.15) is 22.8 Å². The molecule has 1 unspecified atom stereocenters. The number of aliphatic hydroxyl groups is 1. The van der Waals surface area contributed by atoms with Gasteiger partial charge in [0.05, 0.1) is 6.10 Å². The van der Waals surface area contributed by atoms with Gasteiger partial charge in [-0.05, 0) is 29.7 Å². The maximum Gasteiger partial charge on any atom is 0.123 e. The third-order valence-corrected chi connectivity index (χ3v) is 3.06. The van der Waals surface area contributed by atoms with E-state index >= 15 is 0 Å². The Morgan fingerprint density at radius 1 is 1.16 bits per heavy atom. The lowest BCUT2D eigenvalue weighted by atomic mass is 10.1. The largest absolute Gasteiger partial charge is 0.489 e. The van der Waals surface area contributed by atoms with Crippen LogP contribution < -0.4 is 10.5 Å². The quantitative estimate of drug-likeness (QED) is 0.865. The molecule has 2 aromatic rings. The summed E-state index contributed by atoms with van der Waals surface area (Å²) in [5.41, 5.74) is 8.42. The van der Waals surface area contributed by atoms with Crippen molar-refractivity contribution < 1.29 is 9.84 Å². The van der Waals surface area contributed by atoms with E-state index in [1.807, 2.05) is 55.5 Å². The molecular formula is C16H19NO2. The first kappa shape index (κ1) is 13.6. The lowest BCUT2D eigenvalue weighted by Crippen LogP contribution is -2.11. The summed E-state index contributed by atoms with van der Waals surface area (Å²) < 4.78 is 5.81. The van der Waals surface area contributed by atoms with Gasteiger partial charge in [-0.25, -0.2) is 0 Å². The maximum absolute atomic E-state index is 9.75. The molecule has 0 amide bonds. The van der Waals surface area contributed by atoms with E-state index in [1.54, 1.807) is 0 Å². The fourth-order valence-electron chi connectivity index (χ4n) is 1.85. The lowest BCUT2D eigenvalue weighted by Gasteiger charge is -2.13. The van der Waals surface area contributed by atoms with Gasteiger partial charge in [-0.15, -0.1) is 0 Å². The normalized spacial score (nSPS) is 12.2. The number of hydrogen-bond donors (Lipinski definition) is 2. The van der Waals surface area contributed by atoms with Crippen molar-refractivity contribution in [2.24, 2.45) is 5.73 Å². The molecule has 3 N–H and O–H groups in total. The number of aliphatic hydroxyl groups excluding tert-OH is 1. The van der Waals surface area contributed by atoms with E-state index in [0.29, 0.717) is 6.61 Å². The summed E-state index contributed by atoms with van der Waals surface area (Å²) in [6.07, 6.45) is -0.639. The maximum atomic E-state index is 9.75. The summed E-state index contributed by atoms with van der Waals surface area (Å²) in [5, 5.41) is 9.75. The number of ether oxygens (including phenoxy) is 1. The SMILES string of the molecule is Cc1ccc(C(O)CN)cc1OCc1ccccc1. The predicted molar refractivity (Wildman–Crippen MR) is 76.0 cm³/mol. The van der Waals surface area contributed by atoms with Crippen LogP contribution in [0.3, 0.4) is 0 Å². The van der Waals surface area contributed by atoms with Gasteiger partial charge in [0, 0.05) is 6.54 Å². The van der Waals surface area contributed by atoms with Crippen molar-refractivity contribution in [3.05, 3.63) is 65.2 Å². The van der Waals surface area contributed by atoms with E-state index in [0.717, 1.165) is 22.4 Å². The Hall–Kier alpha value is -1.84. The minimum atomic E-state index is -0.639. The molecule has 2 rings (SSSR count). The Labute approximate surface area is 113 Å². The number of nitrogens with two attached hydrogens (primary N) is 1. The van der Waals surface area contributed by atoms with E-state index in [4.69, 9.17) is 10.5 Å². The van der Waals surface area contributed by atoms with Crippen molar-refractivity contribution in [3.8, 4) is 5.75 Å². The predicted octanol–water partition coefficient (Wildman–Crippen LogP) is 2.57. The molecule has 3 nitrogen and oxygen atoms in total. The van der Waals surface area contributed by atoms with Gasteiger partial charge in [0.15, 0.2) is 0 Å². The van der Waals surface area contributed by atoms with Crippen LogP contribution in [0, 0.1) is 6.92 Å². The molecule has 1 atom stereocenters. The van der Waals surface area contributed by atoms with Gasteiger partial charge >= 0.3 is 0 Å². The van der Waals surface area contributed by atoms with Crippen LogP contribution in [0.25, 0.3) is 0 Å². The molecule has 0 aromatic heterocycles. The van der Waals surface area contributed by atoms with E-state index in [2.05, 4.69) is 0 Å². The highest BCUT2D eigenvalue weighted by Crippen LogP contribution is 2.24. The van der Waals surface area contributed by atoms with Crippen molar-refractivity contribution in [1.82, 2.24) is 0 Å². The lowest BCUT2D eigenvalue weighted by molar-refractivity contribution is 0.186. The molecule has 0 aliphatic heterocycles. The summed E-state index contributed by atoms with van der Waals surface area (Å²) in [7, 11) is 0. The smallest absolute Gasteiger partial charge is 0.123 e. The molecular weight excluding hydrogens is 238 g/mol. The average molecular weight is 257 g/mol. The first-order chi connectivity index (χ1) is 9.20. The van der Waals surface area contributed by atoms with Gasteiger partial charge < -0.3 is 15.6 Å². The Kier molecular flexibility index (Phi) is 4.55. The zero-order chi connectivity index (χ0) is 13.7. The van der Waals surface area contributed by atoms with Crippen molar-refractivity contribution >= 4 is 0 Å². The van der Waals surface area contributed by atoms with E-state index < -0.39 is 6.10 Å². The monoisotopic (exact) mass is 257 g/mol. The molecule has 0 saturated heterocycles. The fourth-order valence-corrected chi connectivity index (χ4v) is 1.85. The molecule has 2 aromatic carbocycles. The number of rotatable bonds is 5. The second-order valence-electron chi connectivity index (χ2n) is 4.55. The van der Waals surface area contributed by atoms with Gasteiger partial charge in [0.25, 0.3) is 0 Å². The third kappa shape index (κ3) is 3.56. The molecule has 0 heterocycles. The molecule has 0 spiro atoms. The van der Waals surface area contributed by atoms with Gasteiger partial charge in [-0.3, -0.25) is 0 Å². The van der Waals surface area contributed by atoms with Gasteiger partial charge in [0.2, 0.25) is 0 Å². The number of hydrogen-bond acceptors (Lipinski definition) is 3. The van der Waals surface area contributed by atoms with Crippen LogP contribution in [0.15, 0.2) is 48.5 Å². The summed E-state index contributed by atoms with van der Waals surface area (Å²) >= 11 is 0. The van der Waals surface area contributed by atoms with Crippen LogP contribution in [0.2, 0.25) is 0 Å². The van der Waals surface area contributed by atoms with Crippen LogP contribution in [0.4, 0.5) is 0 Å². The Balaban J connectivity index is 2.11. The van der Waals surface area contributed by atoms with Crippen molar-refractivity contribution in [2.75, 3.05) is 6.54 Å². The summed E-state index contributed by atoms with van der Waals surface area (Å²) in [6, 6.07) is 15.7. The standard InChI is InChI=1S/C16H19NO2/c1-12-7-8-14(15(18)10-17)9-16(12)19-11-13-5-3-2-4-6-13/h2-9,15,18H,10-11,17H2,1H3. The van der Waals surface area contributed by atoms with Crippen LogP contribution in [-0.4, -0.2) is 11.7 Å². The molecule has 100 valence electrons. The average Bonchev–Trinajstić information content (AvgIpc) is 2.46. The number of aryl methyl sites for hydroxylation is 1. The van der Waals surface area contributed by atoms with Crippen LogP contribution >= 0.6 is 0 Å². The highest BCUT2D eigenvalue weighted by molar-refractivity contribution is 5.37. The zero-order valence-electron chi connectivity index (χ0n) is 11.0. The Morgan fingerprint density at radius 2 is 1.89 bits per heavy atom. The molecule has 0 bridgehead atoms. The van der Waals surface area contributed by atoms with Crippen molar-refractivity contribution in [3.63, 3.8) is 0 Å². The second kappa shape index (κ2) is 6.36. The summed E-state index contributed by atoms with van der Waals surface area (Å²) in [5.74, 6) is 0.786. The first-order valence-corrected chi connectivity index (χ1v) is 6.36.